The zero-order valence-corrected chi connectivity index (χ0v) is 15.1. The van der Waals surface area contributed by atoms with E-state index >= 15 is 0 Å². The van der Waals surface area contributed by atoms with Crippen molar-refractivity contribution in [2.45, 2.75) is 37.8 Å². The van der Waals surface area contributed by atoms with Crippen LogP contribution in [0.25, 0.3) is 10.9 Å². The number of para-hydroxylation sites is 1. The molecule has 134 valence electrons. The van der Waals surface area contributed by atoms with E-state index in [-0.39, 0.29) is 17.9 Å². The van der Waals surface area contributed by atoms with E-state index in [1.807, 2.05) is 13.0 Å². The minimum absolute atomic E-state index is 0.0768. The molecule has 4 rings (SSSR count). The Morgan fingerprint density at radius 1 is 1.15 bits per heavy atom. The SMILES string of the molecule is C[C@H]([NH2+]C[C@@H](c1ccccc1)c1c[nH]c2ccccc12)C(=O)NC1CC1. The van der Waals surface area contributed by atoms with Crippen LogP contribution in [0.3, 0.4) is 0 Å². The number of H-pyrrole nitrogens is 1. The summed E-state index contributed by atoms with van der Waals surface area (Å²) >= 11 is 0. The first-order chi connectivity index (χ1) is 12.7. The maximum absolute atomic E-state index is 12.3. The Hall–Kier alpha value is -2.59. The van der Waals surface area contributed by atoms with Crippen LogP contribution in [0.5, 0.6) is 0 Å². The zero-order chi connectivity index (χ0) is 17.9. The van der Waals surface area contributed by atoms with Gasteiger partial charge in [0, 0.05) is 23.1 Å². The second kappa shape index (κ2) is 7.34. The molecule has 1 saturated carbocycles. The highest BCUT2D eigenvalue weighted by atomic mass is 16.2. The highest BCUT2D eigenvalue weighted by Gasteiger charge is 2.28. The average molecular weight is 348 g/mol. The molecule has 0 bridgehead atoms. The van der Waals surface area contributed by atoms with Crippen molar-refractivity contribution < 1.29 is 10.1 Å². The predicted octanol–water partition coefficient (Wildman–Crippen LogP) is 2.53. The van der Waals surface area contributed by atoms with Gasteiger partial charge in [0.1, 0.15) is 0 Å². The Balaban J connectivity index is 1.56. The molecule has 3 aromatic rings. The summed E-state index contributed by atoms with van der Waals surface area (Å²) in [6.45, 7) is 2.83. The van der Waals surface area contributed by atoms with Gasteiger partial charge in [0.05, 0.1) is 12.5 Å². The van der Waals surface area contributed by atoms with Gasteiger partial charge in [-0.25, -0.2) is 0 Å². The molecule has 1 amide bonds. The number of fused-ring (bicyclic) bond motifs is 1. The van der Waals surface area contributed by atoms with E-state index in [0.717, 1.165) is 24.9 Å². The van der Waals surface area contributed by atoms with Crippen LogP contribution >= 0.6 is 0 Å². The lowest BCUT2D eigenvalue weighted by Gasteiger charge is -2.18. The van der Waals surface area contributed by atoms with Gasteiger partial charge in [-0.05, 0) is 37.0 Å². The van der Waals surface area contributed by atoms with Crippen molar-refractivity contribution in [1.29, 1.82) is 0 Å². The average Bonchev–Trinajstić information content (AvgIpc) is 3.39. The summed E-state index contributed by atoms with van der Waals surface area (Å²) < 4.78 is 0. The van der Waals surface area contributed by atoms with Gasteiger partial charge in [0.25, 0.3) is 5.91 Å². The Kier molecular flexibility index (Phi) is 4.76. The number of amides is 1. The van der Waals surface area contributed by atoms with E-state index in [4.69, 9.17) is 0 Å². The van der Waals surface area contributed by atoms with Crippen molar-refractivity contribution in [3.05, 3.63) is 71.9 Å². The standard InChI is InChI=1S/C22H25N3O/c1-15(22(26)25-17-11-12-17)23-13-19(16-7-3-2-4-8-16)20-14-24-21-10-6-5-9-18(20)21/h2-10,14-15,17,19,23-24H,11-13H2,1H3,(H,25,26)/p+1/t15-,19-/m0/s1. The van der Waals surface area contributed by atoms with Gasteiger partial charge in [0.2, 0.25) is 0 Å². The molecule has 4 N–H and O–H groups in total. The minimum Gasteiger partial charge on any atom is -0.361 e. The quantitative estimate of drug-likeness (QED) is 0.604. The smallest absolute Gasteiger partial charge is 0.278 e. The highest BCUT2D eigenvalue weighted by molar-refractivity contribution is 5.84. The molecule has 2 aromatic carbocycles. The maximum Gasteiger partial charge on any atom is 0.278 e. The number of carbonyl (C=O) groups excluding carboxylic acids is 1. The third-order valence-electron chi connectivity index (χ3n) is 5.26. The Labute approximate surface area is 154 Å². The molecule has 0 unspecified atom stereocenters. The molecule has 0 radical (unpaired) electrons. The molecule has 0 aliphatic heterocycles. The third kappa shape index (κ3) is 3.65. The van der Waals surface area contributed by atoms with Crippen LogP contribution < -0.4 is 10.6 Å². The van der Waals surface area contributed by atoms with E-state index in [0.29, 0.717) is 6.04 Å². The number of rotatable bonds is 7. The summed E-state index contributed by atoms with van der Waals surface area (Å²) in [6, 6.07) is 19.3. The van der Waals surface area contributed by atoms with Gasteiger partial charge >= 0.3 is 0 Å². The molecule has 0 spiro atoms. The van der Waals surface area contributed by atoms with Crippen molar-refractivity contribution in [2.24, 2.45) is 0 Å². The Morgan fingerprint density at radius 3 is 2.65 bits per heavy atom. The number of nitrogens with one attached hydrogen (secondary N) is 2. The van der Waals surface area contributed by atoms with E-state index in [1.165, 1.54) is 16.5 Å². The lowest BCUT2D eigenvalue weighted by atomic mass is 9.90. The molecule has 1 heterocycles. The molecule has 1 fully saturated rings. The molecule has 1 aliphatic rings. The van der Waals surface area contributed by atoms with Crippen LogP contribution in [0.2, 0.25) is 0 Å². The monoisotopic (exact) mass is 348 g/mol. The lowest BCUT2D eigenvalue weighted by Crippen LogP contribution is -2.92. The molecule has 2 atom stereocenters. The first kappa shape index (κ1) is 16.9. The van der Waals surface area contributed by atoms with Gasteiger partial charge in [0.15, 0.2) is 6.04 Å². The van der Waals surface area contributed by atoms with Crippen LogP contribution in [0, 0.1) is 0 Å². The van der Waals surface area contributed by atoms with Crippen molar-refractivity contribution in [2.75, 3.05) is 6.54 Å². The summed E-state index contributed by atoms with van der Waals surface area (Å²) in [5.74, 6) is 0.391. The second-order valence-corrected chi connectivity index (χ2v) is 7.30. The maximum atomic E-state index is 12.3. The third-order valence-corrected chi connectivity index (χ3v) is 5.26. The molecule has 4 nitrogen and oxygen atoms in total. The van der Waals surface area contributed by atoms with Crippen LogP contribution in [-0.2, 0) is 4.79 Å². The summed E-state index contributed by atoms with van der Waals surface area (Å²) in [7, 11) is 0. The molecular weight excluding hydrogens is 322 g/mol. The second-order valence-electron chi connectivity index (χ2n) is 7.30. The van der Waals surface area contributed by atoms with Crippen LogP contribution in [0.1, 0.15) is 36.8 Å². The van der Waals surface area contributed by atoms with Gasteiger partial charge in [-0.15, -0.1) is 0 Å². The predicted molar refractivity (Wildman–Crippen MR) is 104 cm³/mol. The van der Waals surface area contributed by atoms with E-state index in [9.17, 15) is 4.79 Å². The van der Waals surface area contributed by atoms with Crippen LogP contribution in [0.4, 0.5) is 0 Å². The number of hydrogen-bond acceptors (Lipinski definition) is 1. The Morgan fingerprint density at radius 2 is 1.88 bits per heavy atom. The van der Waals surface area contributed by atoms with E-state index < -0.39 is 0 Å². The fourth-order valence-corrected chi connectivity index (χ4v) is 3.52. The number of nitrogens with two attached hydrogens (primary N) is 1. The van der Waals surface area contributed by atoms with Crippen molar-refractivity contribution in [1.82, 2.24) is 10.3 Å². The Bertz CT molecular complexity index is 883. The van der Waals surface area contributed by atoms with Crippen molar-refractivity contribution >= 4 is 16.8 Å². The number of quaternary nitrogens is 1. The zero-order valence-electron chi connectivity index (χ0n) is 15.1. The summed E-state index contributed by atoms with van der Waals surface area (Å²) in [5, 5.41) is 6.52. The lowest BCUT2D eigenvalue weighted by molar-refractivity contribution is -0.674. The van der Waals surface area contributed by atoms with Crippen molar-refractivity contribution in [3.8, 4) is 0 Å². The molecule has 0 saturated heterocycles. The molecule has 26 heavy (non-hydrogen) atoms. The number of hydrogen-bond donors (Lipinski definition) is 3. The molecule has 1 aromatic heterocycles. The first-order valence-corrected chi connectivity index (χ1v) is 9.47. The first-order valence-electron chi connectivity index (χ1n) is 9.47. The molecular formula is C22H26N3O+. The molecule has 4 heteroatoms. The van der Waals surface area contributed by atoms with Crippen molar-refractivity contribution in [3.63, 3.8) is 0 Å². The van der Waals surface area contributed by atoms with E-state index in [2.05, 4.69) is 70.3 Å². The summed E-state index contributed by atoms with van der Waals surface area (Å²) in [6.07, 6.45) is 4.37. The van der Waals surface area contributed by atoms with Gasteiger partial charge < -0.3 is 15.6 Å². The van der Waals surface area contributed by atoms with E-state index in [1.54, 1.807) is 0 Å². The normalized spacial score (nSPS) is 16.3. The summed E-state index contributed by atoms with van der Waals surface area (Å²) in [5.41, 5.74) is 3.73. The highest BCUT2D eigenvalue weighted by Crippen LogP contribution is 2.29. The van der Waals surface area contributed by atoms with Gasteiger partial charge in [-0.2, -0.15) is 0 Å². The number of aromatic nitrogens is 1. The van der Waals surface area contributed by atoms with Crippen LogP contribution in [-0.4, -0.2) is 29.5 Å². The number of carbonyl (C=O) groups is 1. The molecule has 1 aliphatic carbocycles. The fraction of sp³-hybridized carbons (Fsp3) is 0.318. The largest absolute Gasteiger partial charge is 0.361 e. The van der Waals surface area contributed by atoms with Crippen LogP contribution in [0.15, 0.2) is 60.8 Å². The topological polar surface area (TPSA) is 61.5 Å². The number of benzene rings is 2. The minimum atomic E-state index is -0.0768. The van der Waals surface area contributed by atoms with Gasteiger partial charge in [-0.3, -0.25) is 4.79 Å². The number of aromatic amines is 1. The summed E-state index contributed by atoms with van der Waals surface area (Å²) in [4.78, 5) is 15.7. The van der Waals surface area contributed by atoms with Gasteiger partial charge in [-0.1, -0.05) is 48.5 Å². The fourth-order valence-electron chi connectivity index (χ4n) is 3.52.